The number of hydrogen-bond donors (Lipinski definition) is 1. The minimum atomic E-state index is -0.464. The van der Waals surface area contributed by atoms with Crippen molar-refractivity contribution in [2.75, 3.05) is 25.1 Å². The van der Waals surface area contributed by atoms with Crippen molar-refractivity contribution >= 4 is 46.7 Å². The Morgan fingerprint density at radius 2 is 1.72 bits per heavy atom. The second kappa shape index (κ2) is 10.9. The van der Waals surface area contributed by atoms with E-state index >= 15 is 0 Å². The monoisotopic (exact) mass is 490 g/mol. The molecule has 0 unspecified atom stereocenters. The number of nitrogens with two attached hydrogens (primary N) is 1. The summed E-state index contributed by atoms with van der Waals surface area (Å²) in [4.78, 5) is 12.7. The summed E-state index contributed by atoms with van der Waals surface area (Å²) in [6.07, 6.45) is 0.541. The number of amides is 1. The standard InChI is InChI=1S/C24H24Cl2N2O3S/c1-15-10-22(31-3)23(13-21(15)30-2)32-28(14-24(27)29)20-9-8-18(25)12-17(20)11-16-6-4-5-7-19(16)26/h4-10,12-13H,11,14H2,1-3H3,(H2,27,29). The molecule has 0 saturated heterocycles. The van der Waals surface area contributed by atoms with E-state index in [4.69, 9.17) is 38.4 Å². The summed E-state index contributed by atoms with van der Waals surface area (Å²) in [5.41, 5.74) is 9.21. The first-order valence-corrected chi connectivity index (χ1v) is 11.3. The molecule has 0 aliphatic carbocycles. The van der Waals surface area contributed by atoms with Gasteiger partial charge in [-0.2, -0.15) is 0 Å². The van der Waals surface area contributed by atoms with Crippen LogP contribution < -0.4 is 19.5 Å². The third kappa shape index (κ3) is 5.82. The minimum Gasteiger partial charge on any atom is -0.496 e. The number of nitrogens with zero attached hydrogens (tertiary/aromatic N) is 1. The van der Waals surface area contributed by atoms with Crippen LogP contribution in [0.2, 0.25) is 10.0 Å². The average Bonchev–Trinajstić information content (AvgIpc) is 2.75. The summed E-state index contributed by atoms with van der Waals surface area (Å²) in [5, 5.41) is 1.26. The first kappa shape index (κ1) is 24.1. The molecule has 0 heterocycles. The number of primary amides is 1. The van der Waals surface area contributed by atoms with Gasteiger partial charge in [-0.15, -0.1) is 0 Å². The molecule has 32 heavy (non-hydrogen) atoms. The Hall–Kier alpha value is -2.54. The van der Waals surface area contributed by atoms with Gasteiger partial charge in [0.15, 0.2) is 0 Å². The Kier molecular flexibility index (Phi) is 8.18. The Balaban J connectivity index is 2.05. The van der Waals surface area contributed by atoms with Crippen LogP contribution in [-0.2, 0) is 11.2 Å². The molecule has 3 rings (SSSR count). The summed E-state index contributed by atoms with van der Waals surface area (Å²) < 4.78 is 12.9. The van der Waals surface area contributed by atoms with Crippen molar-refractivity contribution in [3.63, 3.8) is 0 Å². The minimum absolute atomic E-state index is 0.0127. The van der Waals surface area contributed by atoms with Gasteiger partial charge in [-0.25, -0.2) is 0 Å². The quantitative estimate of drug-likeness (QED) is 0.377. The maximum Gasteiger partial charge on any atom is 0.238 e. The number of carbonyl (C=O) groups excluding carboxylic acids is 1. The molecule has 0 aromatic heterocycles. The van der Waals surface area contributed by atoms with E-state index in [2.05, 4.69) is 0 Å². The van der Waals surface area contributed by atoms with Gasteiger partial charge in [0, 0.05) is 16.5 Å². The van der Waals surface area contributed by atoms with Crippen LogP contribution in [0, 0.1) is 6.92 Å². The number of aryl methyl sites for hydroxylation is 1. The van der Waals surface area contributed by atoms with Crippen molar-refractivity contribution in [2.24, 2.45) is 5.73 Å². The molecule has 3 aromatic rings. The van der Waals surface area contributed by atoms with Gasteiger partial charge in [0.05, 0.1) is 24.8 Å². The van der Waals surface area contributed by atoms with Gasteiger partial charge in [0.25, 0.3) is 0 Å². The molecule has 168 valence electrons. The predicted octanol–water partition coefficient (Wildman–Crippen LogP) is 5.91. The van der Waals surface area contributed by atoms with E-state index in [1.807, 2.05) is 59.8 Å². The van der Waals surface area contributed by atoms with Gasteiger partial charge in [-0.3, -0.25) is 4.79 Å². The lowest BCUT2D eigenvalue weighted by atomic mass is 10.0. The van der Waals surface area contributed by atoms with Crippen LogP contribution in [0.25, 0.3) is 0 Å². The molecule has 0 fully saturated rings. The molecule has 0 radical (unpaired) electrons. The van der Waals surface area contributed by atoms with E-state index in [1.165, 1.54) is 11.9 Å². The zero-order chi connectivity index (χ0) is 23.3. The van der Waals surface area contributed by atoms with E-state index in [-0.39, 0.29) is 6.54 Å². The fraction of sp³-hybridized carbons (Fsp3) is 0.208. The summed E-state index contributed by atoms with van der Waals surface area (Å²) in [7, 11) is 3.22. The normalized spacial score (nSPS) is 10.7. The van der Waals surface area contributed by atoms with Crippen LogP contribution in [0.3, 0.4) is 0 Å². The van der Waals surface area contributed by atoms with E-state index in [0.29, 0.717) is 22.2 Å². The third-order valence-electron chi connectivity index (χ3n) is 4.84. The van der Waals surface area contributed by atoms with Gasteiger partial charge in [-0.1, -0.05) is 41.4 Å². The number of anilines is 1. The zero-order valence-electron chi connectivity index (χ0n) is 18.0. The number of halogens is 2. The molecular weight excluding hydrogens is 467 g/mol. The van der Waals surface area contributed by atoms with Crippen LogP contribution in [-0.4, -0.2) is 26.7 Å². The molecule has 0 aliphatic rings. The predicted molar refractivity (Wildman–Crippen MR) is 132 cm³/mol. The lowest BCUT2D eigenvalue weighted by molar-refractivity contribution is -0.116. The molecule has 2 N–H and O–H groups in total. The maximum atomic E-state index is 12.0. The van der Waals surface area contributed by atoms with Crippen LogP contribution in [0.15, 0.2) is 59.5 Å². The molecule has 1 amide bonds. The lowest BCUT2D eigenvalue weighted by Gasteiger charge is -2.26. The first-order valence-electron chi connectivity index (χ1n) is 9.80. The van der Waals surface area contributed by atoms with E-state index in [9.17, 15) is 4.79 Å². The third-order valence-corrected chi connectivity index (χ3v) is 6.50. The summed E-state index contributed by atoms with van der Waals surface area (Å²) in [6, 6.07) is 17.0. The molecule has 3 aromatic carbocycles. The smallest absolute Gasteiger partial charge is 0.238 e. The van der Waals surface area contributed by atoms with Gasteiger partial charge < -0.3 is 19.5 Å². The zero-order valence-corrected chi connectivity index (χ0v) is 20.4. The SMILES string of the molecule is COc1cc(SN(CC(N)=O)c2ccc(Cl)cc2Cc2ccccc2Cl)c(OC)cc1C. The van der Waals surface area contributed by atoms with Crippen LogP contribution in [0.1, 0.15) is 16.7 Å². The fourth-order valence-electron chi connectivity index (χ4n) is 3.31. The van der Waals surface area contributed by atoms with E-state index < -0.39 is 5.91 Å². The number of ether oxygens (including phenoxy) is 2. The number of methoxy groups -OCH3 is 2. The summed E-state index contributed by atoms with van der Waals surface area (Å²) in [5.74, 6) is 0.929. The average molecular weight is 491 g/mol. The van der Waals surface area contributed by atoms with Crippen molar-refractivity contribution in [1.82, 2.24) is 0 Å². The highest BCUT2D eigenvalue weighted by Crippen LogP contribution is 2.40. The fourth-order valence-corrected chi connectivity index (χ4v) is 4.80. The van der Waals surface area contributed by atoms with Crippen molar-refractivity contribution in [2.45, 2.75) is 18.2 Å². The van der Waals surface area contributed by atoms with Crippen molar-refractivity contribution in [3.8, 4) is 11.5 Å². The first-order chi connectivity index (χ1) is 15.3. The molecular formula is C24H24Cl2N2O3S. The molecule has 0 aliphatic heterocycles. The number of rotatable bonds is 9. The van der Waals surface area contributed by atoms with Gasteiger partial charge in [0.1, 0.15) is 18.0 Å². The highest BCUT2D eigenvalue weighted by Gasteiger charge is 2.20. The van der Waals surface area contributed by atoms with Crippen molar-refractivity contribution in [1.29, 1.82) is 0 Å². The molecule has 0 bridgehead atoms. The van der Waals surface area contributed by atoms with E-state index in [0.717, 1.165) is 33.0 Å². The second-order valence-electron chi connectivity index (χ2n) is 7.11. The topological polar surface area (TPSA) is 64.8 Å². The molecule has 0 atom stereocenters. The van der Waals surface area contributed by atoms with E-state index in [1.54, 1.807) is 20.3 Å². The summed E-state index contributed by atoms with van der Waals surface area (Å²) in [6.45, 7) is 1.93. The van der Waals surface area contributed by atoms with Gasteiger partial charge in [-0.05, 0) is 72.0 Å². The molecule has 5 nitrogen and oxygen atoms in total. The molecule has 0 saturated carbocycles. The molecule has 8 heteroatoms. The second-order valence-corrected chi connectivity index (χ2v) is 9.01. The molecule has 0 spiro atoms. The number of hydrogen-bond acceptors (Lipinski definition) is 5. The van der Waals surface area contributed by atoms with Crippen molar-refractivity contribution in [3.05, 3.63) is 81.3 Å². The lowest BCUT2D eigenvalue weighted by Crippen LogP contribution is -2.29. The van der Waals surface area contributed by atoms with Crippen LogP contribution in [0.4, 0.5) is 5.69 Å². The Morgan fingerprint density at radius 1 is 1.00 bits per heavy atom. The van der Waals surface area contributed by atoms with Crippen LogP contribution >= 0.6 is 35.1 Å². The Labute approximate surface area is 202 Å². The highest BCUT2D eigenvalue weighted by atomic mass is 35.5. The largest absolute Gasteiger partial charge is 0.496 e. The van der Waals surface area contributed by atoms with Crippen molar-refractivity contribution < 1.29 is 14.3 Å². The van der Waals surface area contributed by atoms with Gasteiger partial charge in [0.2, 0.25) is 5.91 Å². The van der Waals surface area contributed by atoms with Gasteiger partial charge >= 0.3 is 0 Å². The number of carbonyl (C=O) groups is 1. The Morgan fingerprint density at radius 3 is 2.38 bits per heavy atom. The summed E-state index contributed by atoms with van der Waals surface area (Å²) >= 11 is 14.0. The Bertz CT molecular complexity index is 1120. The maximum absolute atomic E-state index is 12.0. The van der Waals surface area contributed by atoms with Crippen LogP contribution in [0.5, 0.6) is 11.5 Å². The number of benzene rings is 3. The highest BCUT2D eigenvalue weighted by molar-refractivity contribution is 8.00.